The monoisotopic (exact) mass is 311 g/mol. The Labute approximate surface area is 141 Å². The molecule has 0 unspecified atom stereocenters. The van der Waals surface area contributed by atoms with Crippen LogP contribution in [-0.4, -0.2) is 5.91 Å². The van der Waals surface area contributed by atoms with Crippen molar-refractivity contribution in [2.45, 2.75) is 6.54 Å². The van der Waals surface area contributed by atoms with E-state index in [1.807, 2.05) is 59.5 Å². The van der Waals surface area contributed by atoms with Crippen LogP contribution in [0.2, 0.25) is 0 Å². The highest BCUT2D eigenvalue weighted by Crippen LogP contribution is 2.28. The Morgan fingerprint density at radius 3 is 2.29 bits per heavy atom. The van der Waals surface area contributed by atoms with E-state index in [1.165, 1.54) is 0 Å². The van der Waals surface area contributed by atoms with E-state index in [4.69, 9.17) is 0 Å². The Morgan fingerprint density at radius 1 is 0.750 bits per heavy atom. The Balaban J connectivity index is 1.60. The van der Waals surface area contributed by atoms with Crippen LogP contribution in [0, 0.1) is 0 Å². The summed E-state index contributed by atoms with van der Waals surface area (Å²) < 4.78 is 0. The van der Waals surface area contributed by atoms with Crippen LogP contribution >= 0.6 is 0 Å². The maximum atomic E-state index is 12.6. The van der Waals surface area contributed by atoms with Gasteiger partial charge in [-0.1, -0.05) is 72.8 Å². The molecule has 2 nitrogen and oxygen atoms in total. The van der Waals surface area contributed by atoms with Crippen LogP contribution in [0.4, 0.5) is 5.69 Å². The number of rotatable bonds is 3. The lowest BCUT2D eigenvalue weighted by Crippen LogP contribution is -2.22. The lowest BCUT2D eigenvalue weighted by molar-refractivity contribution is 0.0996. The molecule has 3 aromatic rings. The summed E-state index contributed by atoms with van der Waals surface area (Å²) in [5.74, 6) is 0.0785. The number of nitrogens with zero attached hydrogens (tertiary/aromatic N) is 1. The van der Waals surface area contributed by atoms with Gasteiger partial charge in [0, 0.05) is 11.3 Å². The van der Waals surface area contributed by atoms with E-state index in [-0.39, 0.29) is 5.91 Å². The summed E-state index contributed by atoms with van der Waals surface area (Å²) in [4.78, 5) is 14.4. The van der Waals surface area contributed by atoms with Crippen LogP contribution in [0.15, 0.2) is 78.9 Å². The summed E-state index contributed by atoms with van der Waals surface area (Å²) in [5.41, 5.74) is 5.08. The zero-order valence-electron chi connectivity index (χ0n) is 13.2. The summed E-state index contributed by atoms with van der Waals surface area (Å²) in [6.07, 6.45) is 4.16. The average molecular weight is 311 g/mol. The fraction of sp³-hybridized carbons (Fsp3) is 0.0455. The number of anilines is 1. The van der Waals surface area contributed by atoms with Gasteiger partial charge < -0.3 is 4.90 Å². The highest BCUT2D eigenvalue weighted by Gasteiger charge is 2.27. The van der Waals surface area contributed by atoms with Gasteiger partial charge in [0.15, 0.2) is 0 Å². The van der Waals surface area contributed by atoms with Crippen LogP contribution in [0.5, 0.6) is 0 Å². The minimum absolute atomic E-state index is 0.0785. The first kappa shape index (κ1) is 14.5. The quantitative estimate of drug-likeness (QED) is 0.622. The Morgan fingerprint density at radius 2 is 1.46 bits per heavy atom. The van der Waals surface area contributed by atoms with E-state index in [0.29, 0.717) is 6.54 Å². The third-order valence-corrected chi connectivity index (χ3v) is 4.27. The van der Waals surface area contributed by atoms with Gasteiger partial charge in [0.25, 0.3) is 5.91 Å². The molecule has 1 aliphatic rings. The summed E-state index contributed by atoms with van der Waals surface area (Å²) in [6, 6.07) is 26.1. The molecule has 24 heavy (non-hydrogen) atoms. The molecule has 1 heterocycles. The molecule has 2 heteroatoms. The Bertz CT molecular complexity index is 912. The molecule has 0 fully saturated rings. The molecular weight excluding hydrogens is 294 g/mol. The average Bonchev–Trinajstić information content (AvgIpc) is 2.98. The van der Waals surface area contributed by atoms with Gasteiger partial charge in [-0.25, -0.2) is 0 Å². The SMILES string of the molecule is O=C1c2ccccc2CN1c1cccc(/C=C/c2ccccc2)c1. The minimum Gasteiger partial charge on any atom is -0.304 e. The summed E-state index contributed by atoms with van der Waals surface area (Å²) in [5, 5.41) is 0. The van der Waals surface area contributed by atoms with E-state index in [1.54, 1.807) is 0 Å². The van der Waals surface area contributed by atoms with Crippen LogP contribution in [-0.2, 0) is 6.54 Å². The Kier molecular flexibility index (Phi) is 3.72. The maximum absolute atomic E-state index is 12.6. The highest BCUT2D eigenvalue weighted by molar-refractivity contribution is 6.10. The number of hydrogen-bond acceptors (Lipinski definition) is 1. The van der Waals surface area contributed by atoms with Crippen molar-refractivity contribution in [2.75, 3.05) is 4.90 Å². The van der Waals surface area contributed by atoms with E-state index in [2.05, 4.69) is 36.4 Å². The third-order valence-electron chi connectivity index (χ3n) is 4.27. The van der Waals surface area contributed by atoms with Gasteiger partial charge in [0.1, 0.15) is 0 Å². The summed E-state index contributed by atoms with van der Waals surface area (Å²) >= 11 is 0. The van der Waals surface area contributed by atoms with Crippen molar-refractivity contribution in [1.29, 1.82) is 0 Å². The van der Waals surface area contributed by atoms with E-state index < -0.39 is 0 Å². The van der Waals surface area contributed by atoms with E-state index in [0.717, 1.165) is 27.9 Å². The number of carbonyl (C=O) groups is 1. The number of hydrogen-bond donors (Lipinski definition) is 0. The van der Waals surface area contributed by atoms with Gasteiger partial charge >= 0.3 is 0 Å². The Hall–Kier alpha value is -3.13. The van der Waals surface area contributed by atoms with Crippen molar-refractivity contribution in [2.24, 2.45) is 0 Å². The fourth-order valence-electron chi connectivity index (χ4n) is 3.02. The van der Waals surface area contributed by atoms with Gasteiger partial charge in [0.05, 0.1) is 6.54 Å². The first-order valence-electron chi connectivity index (χ1n) is 8.04. The van der Waals surface area contributed by atoms with Gasteiger partial charge in [-0.15, -0.1) is 0 Å². The van der Waals surface area contributed by atoms with Crippen molar-refractivity contribution < 1.29 is 4.79 Å². The molecule has 1 amide bonds. The molecule has 1 aliphatic heterocycles. The van der Waals surface area contributed by atoms with Crippen molar-refractivity contribution in [1.82, 2.24) is 0 Å². The molecule has 0 bridgehead atoms. The molecule has 0 saturated heterocycles. The minimum atomic E-state index is 0.0785. The third kappa shape index (κ3) is 2.74. The number of amides is 1. The number of fused-ring (bicyclic) bond motifs is 1. The fourth-order valence-corrected chi connectivity index (χ4v) is 3.02. The zero-order valence-corrected chi connectivity index (χ0v) is 13.2. The lowest BCUT2D eigenvalue weighted by atomic mass is 10.1. The topological polar surface area (TPSA) is 20.3 Å². The summed E-state index contributed by atoms with van der Waals surface area (Å²) in [6.45, 7) is 0.640. The van der Waals surface area contributed by atoms with Gasteiger partial charge in [-0.2, -0.15) is 0 Å². The maximum Gasteiger partial charge on any atom is 0.258 e. The highest BCUT2D eigenvalue weighted by atomic mass is 16.2. The standard InChI is InChI=1S/C22H17NO/c24-22-21-12-5-4-10-19(21)16-23(22)20-11-6-9-18(15-20)14-13-17-7-2-1-3-8-17/h1-15H,16H2/b14-13+. The van der Waals surface area contributed by atoms with Crippen LogP contribution in [0.25, 0.3) is 12.2 Å². The van der Waals surface area contributed by atoms with Crippen LogP contribution in [0.3, 0.4) is 0 Å². The van der Waals surface area contributed by atoms with E-state index >= 15 is 0 Å². The second-order valence-corrected chi connectivity index (χ2v) is 5.89. The van der Waals surface area contributed by atoms with Crippen molar-refractivity contribution >= 4 is 23.7 Å². The molecule has 0 spiro atoms. The first-order valence-corrected chi connectivity index (χ1v) is 8.04. The predicted molar refractivity (Wildman–Crippen MR) is 98.8 cm³/mol. The van der Waals surface area contributed by atoms with E-state index in [9.17, 15) is 4.79 Å². The molecule has 3 aromatic carbocycles. The van der Waals surface area contributed by atoms with Gasteiger partial charge in [-0.3, -0.25) is 4.79 Å². The molecule has 116 valence electrons. The van der Waals surface area contributed by atoms with Crippen molar-refractivity contribution in [3.8, 4) is 0 Å². The van der Waals surface area contributed by atoms with Crippen molar-refractivity contribution in [3.63, 3.8) is 0 Å². The van der Waals surface area contributed by atoms with Gasteiger partial charge in [-0.05, 0) is 34.9 Å². The smallest absolute Gasteiger partial charge is 0.258 e. The normalized spacial score (nSPS) is 13.5. The van der Waals surface area contributed by atoms with Crippen LogP contribution in [0.1, 0.15) is 27.0 Å². The lowest BCUT2D eigenvalue weighted by Gasteiger charge is -2.16. The molecule has 0 atom stereocenters. The molecule has 0 N–H and O–H groups in total. The van der Waals surface area contributed by atoms with Crippen molar-refractivity contribution in [3.05, 3.63) is 101 Å². The molecule has 4 rings (SSSR count). The van der Waals surface area contributed by atoms with Gasteiger partial charge in [0.2, 0.25) is 0 Å². The van der Waals surface area contributed by atoms with Crippen LogP contribution < -0.4 is 4.90 Å². The molecule has 0 saturated carbocycles. The molecular formula is C22H17NO. The molecule has 0 radical (unpaired) electrons. The number of carbonyl (C=O) groups excluding carboxylic acids is 1. The second-order valence-electron chi connectivity index (χ2n) is 5.89. The number of benzene rings is 3. The first-order chi connectivity index (χ1) is 11.8. The predicted octanol–water partition coefficient (Wildman–Crippen LogP) is 5.02. The largest absolute Gasteiger partial charge is 0.304 e. The zero-order chi connectivity index (χ0) is 16.4. The molecule has 0 aliphatic carbocycles. The molecule has 0 aromatic heterocycles. The second kappa shape index (κ2) is 6.17. The summed E-state index contributed by atoms with van der Waals surface area (Å²) in [7, 11) is 0.